The second-order valence-electron chi connectivity index (χ2n) is 3.59. The van der Waals surface area contributed by atoms with Crippen molar-refractivity contribution in [2.24, 2.45) is 0 Å². The Morgan fingerprint density at radius 3 is 3.00 bits per heavy atom. The third-order valence-corrected chi connectivity index (χ3v) is 2.33. The van der Waals surface area contributed by atoms with Gasteiger partial charge >= 0.3 is 0 Å². The maximum absolute atomic E-state index is 10.7. The van der Waals surface area contributed by atoms with Crippen LogP contribution in [0.25, 0.3) is 11.4 Å². The minimum absolute atomic E-state index is 0.00302. The molecule has 2 aromatic rings. The third kappa shape index (κ3) is 2.57. The van der Waals surface area contributed by atoms with E-state index in [0.29, 0.717) is 24.4 Å². The molecule has 0 amide bonds. The molecule has 0 saturated heterocycles. The maximum atomic E-state index is 10.7. The van der Waals surface area contributed by atoms with E-state index in [0.717, 1.165) is 6.29 Å². The van der Waals surface area contributed by atoms with Gasteiger partial charge in [-0.2, -0.15) is 5.10 Å². The highest BCUT2D eigenvalue weighted by molar-refractivity contribution is 5.58. The lowest BCUT2D eigenvalue weighted by atomic mass is 10.2. The Balaban J connectivity index is 2.25. The van der Waals surface area contributed by atoms with Crippen molar-refractivity contribution in [3.63, 3.8) is 0 Å². The summed E-state index contributed by atoms with van der Waals surface area (Å²) in [5.74, 6) is 0.407. The molecule has 0 saturated carbocycles. The highest BCUT2D eigenvalue weighted by atomic mass is 16.6. The summed E-state index contributed by atoms with van der Waals surface area (Å²) in [5, 5.41) is 14.8. The summed E-state index contributed by atoms with van der Waals surface area (Å²) in [6.07, 6.45) is 2.66. The summed E-state index contributed by atoms with van der Waals surface area (Å²) < 4.78 is 1.53. The van der Waals surface area contributed by atoms with Crippen LogP contribution in [0, 0.1) is 10.1 Å². The molecule has 2 rings (SSSR count). The van der Waals surface area contributed by atoms with E-state index in [2.05, 4.69) is 10.1 Å². The molecule has 0 aliphatic carbocycles. The number of hydrogen-bond donors (Lipinski definition) is 0. The SMILES string of the molecule is O=CCCn1cnc(-c2cccc([N+](=O)[O-])c2)n1. The maximum Gasteiger partial charge on any atom is 0.270 e. The number of rotatable bonds is 5. The summed E-state index contributed by atoms with van der Waals surface area (Å²) in [5.41, 5.74) is 0.575. The van der Waals surface area contributed by atoms with Gasteiger partial charge in [0.05, 0.1) is 4.92 Å². The van der Waals surface area contributed by atoms with Crippen LogP contribution >= 0.6 is 0 Å². The molecule has 1 aromatic carbocycles. The molecule has 0 fully saturated rings. The van der Waals surface area contributed by atoms with Crippen molar-refractivity contribution in [3.8, 4) is 11.4 Å². The third-order valence-electron chi connectivity index (χ3n) is 2.33. The molecule has 18 heavy (non-hydrogen) atoms. The molecule has 0 spiro atoms. The van der Waals surface area contributed by atoms with Crippen LogP contribution in [0.1, 0.15) is 6.42 Å². The van der Waals surface area contributed by atoms with Gasteiger partial charge in [-0.15, -0.1) is 0 Å². The number of nitro groups is 1. The van der Waals surface area contributed by atoms with Gasteiger partial charge in [0.2, 0.25) is 0 Å². The molecule has 1 heterocycles. The van der Waals surface area contributed by atoms with Crippen LogP contribution in [0.5, 0.6) is 0 Å². The average Bonchev–Trinajstić information content (AvgIpc) is 2.85. The van der Waals surface area contributed by atoms with E-state index < -0.39 is 4.92 Å². The standard InChI is InChI=1S/C11H10N4O3/c16-6-2-5-14-8-12-11(13-14)9-3-1-4-10(7-9)15(17)18/h1,3-4,6-8H,2,5H2. The van der Waals surface area contributed by atoms with Gasteiger partial charge in [-0.1, -0.05) is 12.1 Å². The van der Waals surface area contributed by atoms with Gasteiger partial charge in [-0.05, 0) is 0 Å². The molecule has 92 valence electrons. The monoisotopic (exact) mass is 246 g/mol. The van der Waals surface area contributed by atoms with E-state index >= 15 is 0 Å². The van der Waals surface area contributed by atoms with E-state index in [-0.39, 0.29) is 5.69 Å². The summed E-state index contributed by atoms with van der Waals surface area (Å²) in [7, 11) is 0. The Kier molecular flexibility index (Phi) is 3.42. The molecule has 1 aromatic heterocycles. The van der Waals surface area contributed by atoms with Gasteiger partial charge in [-0.25, -0.2) is 4.98 Å². The second kappa shape index (κ2) is 5.17. The number of nitrogens with zero attached hydrogens (tertiary/aromatic N) is 4. The molecular weight excluding hydrogens is 236 g/mol. The van der Waals surface area contributed by atoms with Crippen LogP contribution in [-0.2, 0) is 11.3 Å². The molecule has 0 unspecified atom stereocenters. The Morgan fingerprint density at radius 2 is 2.28 bits per heavy atom. The zero-order valence-corrected chi connectivity index (χ0v) is 9.39. The predicted molar refractivity (Wildman–Crippen MR) is 62.8 cm³/mol. The topological polar surface area (TPSA) is 90.9 Å². The number of non-ortho nitro benzene ring substituents is 1. The first-order valence-corrected chi connectivity index (χ1v) is 5.28. The van der Waals surface area contributed by atoms with Crippen molar-refractivity contribution in [1.29, 1.82) is 0 Å². The van der Waals surface area contributed by atoms with E-state index in [9.17, 15) is 14.9 Å². The lowest BCUT2D eigenvalue weighted by Gasteiger charge is -1.96. The van der Waals surface area contributed by atoms with Crippen LogP contribution < -0.4 is 0 Å². The van der Waals surface area contributed by atoms with Crippen molar-refractivity contribution < 1.29 is 9.72 Å². The number of nitro benzene ring substituents is 1. The highest BCUT2D eigenvalue weighted by Gasteiger charge is 2.09. The molecule has 7 heteroatoms. The molecule has 0 aliphatic heterocycles. The molecule has 0 atom stereocenters. The van der Waals surface area contributed by atoms with Gasteiger partial charge in [0.1, 0.15) is 12.6 Å². The lowest BCUT2D eigenvalue weighted by molar-refractivity contribution is -0.384. The average molecular weight is 246 g/mol. The van der Waals surface area contributed by atoms with Crippen LogP contribution in [0.4, 0.5) is 5.69 Å². The largest absolute Gasteiger partial charge is 0.303 e. The fourth-order valence-corrected chi connectivity index (χ4v) is 1.48. The second-order valence-corrected chi connectivity index (χ2v) is 3.59. The summed E-state index contributed by atoms with van der Waals surface area (Å²) in [6.45, 7) is 0.450. The smallest absolute Gasteiger partial charge is 0.270 e. The number of aryl methyl sites for hydroxylation is 1. The highest BCUT2D eigenvalue weighted by Crippen LogP contribution is 2.20. The molecular formula is C11H10N4O3. The Hall–Kier alpha value is -2.57. The minimum atomic E-state index is -0.465. The van der Waals surface area contributed by atoms with Gasteiger partial charge in [-0.3, -0.25) is 14.8 Å². The Bertz CT molecular complexity index is 579. The minimum Gasteiger partial charge on any atom is -0.303 e. The van der Waals surface area contributed by atoms with E-state index in [1.54, 1.807) is 12.1 Å². The Morgan fingerprint density at radius 1 is 1.44 bits per heavy atom. The number of benzene rings is 1. The molecule has 7 nitrogen and oxygen atoms in total. The summed E-state index contributed by atoms with van der Waals surface area (Å²) in [6, 6.07) is 6.11. The van der Waals surface area contributed by atoms with Crippen molar-refractivity contribution in [2.75, 3.05) is 0 Å². The van der Waals surface area contributed by atoms with Crippen LogP contribution in [0.2, 0.25) is 0 Å². The zero-order valence-electron chi connectivity index (χ0n) is 9.39. The number of carbonyl (C=O) groups is 1. The zero-order chi connectivity index (χ0) is 13.0. The fourth-order valence-electron chi connectivity index (χ4n) is 1.48. The first kappa shape index (κ1) is 11.9. The van der Waals surface area contributed by atoms with Crippen LogP contribution in [-0.4, -0.2) is 26.0 Å². The van der Waals surface area contributed by atoms with Gasteiger partial charge in [0.15, 0.2) is 5.82 Å². The first-order chi connectivity index (χ1) is 8.70. The fraction of sp³-hybridized carbons (Fsp3) is 0.182. The number of aldehydes is 1. The van der Waals surface area contributed by atoms with Gasteiger partial charge in [0, 0.05) is 30.7 Å². The van der Waals surface area contributed by atoms with E-state index in [1.165, 1.54) is 23.1 Å². The van der Waals surface area contributed by atoms with Crippen molar-refractivity contribution in [3.05, 3.63) is 40.7 Å². The molecule has 0 aliphatic rings. The summed E-state index contributed by atoms with van der Waals surface area (Å²) in [4.78, 5) is 24.5. The normalized spacial score (nSPS) is 10.2. The predicted octanol–water partition coefficient (Wildman–Crippen LogP) is 1.44. The van der Waals surface area contributed by atoms with Gasteiger partial charge < -0.3 is 4.79 Å². The van der Waals surface area contributed by atoms with E-state index in [4.69, 9.17) is 0 Å². The number of carbonyl (C=O) groups excluding carboxylic acids is 1. The van der Waals surface area contributed by atoms with Crippen molar-refractivity contribution in [2.45, 2.75) is 13.0 Å². The van der Waals surface area contributed by atoms with E-state index in [1.807, 2.05) is 0 Å². The summed E-state index contributed by atoms with van der Waals surface area (Å²) >= 11 is 0. The Labute approximate surface area is 102 Å². The van der Waals surface area contributed by atoms with Gasteiger partial charge in [0.25, 0.3) is 5.69 Å². The van der Waals surface area contributed by atoms with Crippen LogP contribution in [0.15, 0.2) is 30.6 Å². The molecule has 0 bridgehead atoms. The quantitative estimate of drug-likeness (QED) is 0.452. The van der Waals surface area contributed by atoms with Crippen molar-refractivity contribution in [1.82, 2.24) is 14.8 Å². The van der Waals surface area contributed by atoms with Crippen molar-refractivity contribution >= 4 is 12.0 Å². The lowest BCUT2D eigenvalue weighted by Crippen LogP contribution is -1.99. The number of hydrogen-bond acceptors (Lipinski definition) is 5. The molecule has 0 N–H and O–H groups in total. The molecule has 0 radical (unpaired) electrons. The van der Waals surface area contributed by atoms with Crippen LogP contribution in [0.3, 0.4) is 0 Å². The first-order valence-electron chi connectivity index (χ1n) is 5.28. The number of aromatic nitrogens is 3.